The van der Waals surface area contributed by atoms with Crippen molar-refractivity contribution in [3.05, 3.63) is 12.7 Å². The zero-order valence-corrected chi connectivity index (χ0v) is 8.97. The topological polar surface area (TPSA) is 61.4 Å². The highest BCUT2D eigenvalue weighted by Crippen LogP contribution is 2.13. The van der Waals surface area contributed by atoms with Crippen LogP contribution in [0.3, 0.4) is 0 Å². The molecule has 0 aromatic heterocycles. The predicted molar refractivity (Wildman–Crippen MR) is 57.1 cm³/mol. The van der Waals surface area contributed by atoms with E-state index in [0.29, 0.717) is 19.4 Å². The highest BCUT2D eigenvalue weighted by Gasteiger charge is 2.26. The van der Waals surface area contributed by atoms with Crippen LogP contribution in [0.4, 0.5) is 4.79 Å². The van der Waals surface area contributed by atoms with Crippen molar-refractivity contribution < 1.29 is 9.90 Å². The van der Waals surface area contributed by atoms with E-state index in [1.165, 1.54) is 0 Å². The number of aliphatic hydroxyl groups excluding tert-OH is 1. The van der Waals surface area contributed by atoms with E-state index in [-0.39, 0.29) is 12.6 Å². The highest BCUT2D eigenvalue weighted by molar-refractivity contribution is 5.74. The van der Waals surface area contributed by atoms with Gasteiger partial charge < -0.3 is 15.7 Å². The molecule has 0 rings (SSSR count). The monoisotopic (exact) mass is 200 g/mol. The molecule has 0 aromatic rings. The molecular formula is C10H20N2O2. The molecule has 0 saturated heterocycles. The molecular weight excluding hydrogens is 180 g/mol. The van der Waals surface area contributed by atoms with Crippen molar-refractivity contribution in [2.75, 3.05) is 13.2 Å². The smallest absolute Gasteiger partial charge is 0.315 e. The summed E-state index contributed by atoms with van der Waals surface area (Å²) in [5, 5.41) is 14.6. The van der Waals surface area contributed by atoms with Crippen molar-refractivity contribution in [1.29, 1.82) is 0 Å². The van der Waals surface area contributed by atoms with Gasteiger partial charge in [0.1, 0.15) is 0 Å². The van der Waals surface area contributed by atoms with Crippen molar-refractivity contribution in [3.8, 4) is 0 Å². The fourth-order valence-corrected chi connectivity index (χ4v) is 1.14. The Kier molecular flexibility index (Phi) is 5.95. The summed E-state index contributed by atoms with van der Waals surface area (Å²) in [6, 6.07) is -0.261. The number of carbonyl (C=O) groups is 1. The Morgan fingerprint density at radius 1 is 1.50 bits per heavy atom. The highest BCUT2D eigenvalue weighted by atomic mass is 16.3. The lowest BCUT2D eigenvalue weighted by atomic mass is 9.94. The van der Waals surface area contributed by atoms with E-state index >= 15 is 0 Å². The van der Waals surface area contributed by atoms with E-state index < -0.39 is 5.54 Å². The maximum Gasteiger partial charge on any atom is 0.315 e. The van der Waals surface area contributed by atoms with Crippen LogP contribution in [-0.2, 0) is 0 Å². The number of hydrogen-bond acceptors (Lipinski definition) is 2. The van der Waals surface area contributed by atoms with Gasteiger partial charge in [0.25, 0.3) is 0 Å². The summed E-state index contributed by atoms with van der Waals surface area (Å²) < 4.78 is 0. The molecule has 0 spiro atoms. The number of urea groups is 1. The average Bonchev–Trinajstić information content (AvgIpc) is 2.23. The maximum absolute atomic E-state index is 11.3. The fourth-order valence-electron chi connectivity index (χ4n) is 1.14. The van der Waals surface area contributed by atoms with Crippen LogP contribution in [0.2, 0.25) is 0 Å². The molecule has 0 aliphatic heterocycles. The third-order valence-electron chi connectivity index (χ3n) is 2.44. The van der Waals surface area contributed by atoms with Gasteiger partial charge in [-0.2, -0.15) is 0 Å². The molecule has 82 valence electrons. The van der Waals surface area contributed by atoms with Gasteiger partial charge in [0.15, 0.2) is 0 Å². The van der Waals surface area contributed by atoms with Gasteiger partial charge in [-0.1, -0.05) is 19.9 Å². The Labute approximate surface area is 85.4 Å². The van der Waals surface area contributed by atoms with Crippen molar-refractivity contribution in [3.63, 3.8) is 0 Å². The molecule has 0 heterocycles. The summed E-state index contributed by atoms with van der Waals surface area (Å²) in [5.74, 6) is 0. The second-order valence-corrected chi connectivity index (χ2v) is 3.27. The number of hydrogen-bond donors (Lipinski definition) is 3. The fraction of sp³-hybridized carbons (Fsp3) is 0.700. The van der Waals surface area contributed by atoms with E-state index in [2.05, 4.69) is 17.2 Å². The first-order valence-electron chi connectivity index (χ1n) is 4.92. The summed E-state index contributed by atoms with van der Waals surface area (Å²) in [6.07, 6.45) is 3.03. The minimum atomic E-state index is -0.495. The normalized spacial score (nSPS) is 10.8. The van der Waals surface area contributed by atoms with Gasteiger partial charge in [-0.05, 0) is 12.8 Å². The SMILES string of the molecule is C=CCNC(=O)NC(CC)(CC)CO. The molecule has 14 heavy (non-hydrogen) atoms. The maximum atomic E-state index is 11.3. The van der Waals surface area contributed by atoms with Crippen LogP contribution in [0.15, 0.2) is 12.7 Å². The van der Waals surface area contributed by atoms with Crippen LogP contribution < -0.4 is 10.6 Å². The quantitative estimate of drug-likeness (QED) is 0.561. The first-order valence-corrected chi connectivity index (χ1v) is 4.92. The van der Waals surface area contributed by atoms with Crippen LogP contribution in [0.25, 0.3) is 0 Å². The van der Waals surface area contributed by atoms with E-state index in [9.17, 15) is 9.90 Å². The largest absolute Gasteiger partial charge is 0.394 e. The van der Waals surface area contributed by atoms with Gasteiger partial charge in [-0.3, -0.25) is 0 Å². The molecule has 0 fully saturated rings. The zero-order valence-electron chi connectivity index (χ0n) is 8.97. The van der Waals surface area contributed by atoms with Gasteiger partial charge in [0, 0.05) is 6.54 Å². The van der Waals surface area contributed by atoms with Crippen LogP contribution in [-0.4, -0.2) is 29.8 Å². The van der Waals surface area contributed by atoms with Gasteiger partial charge in [-0.25, -0.2) is 4.79 Å². The molecule has 0 radical (unpaired) electrons. The number of rotatable bonds is 6. The summed E-state index contributed by atoms with van der Waals surface area (Å²) in [6.45, 7) is 7.76. The first-order chi connectivity index (χ1) is 6.64. The Morgan fingerprint density at radius 2 is 2.07 bits per heavy atom. The third kappa shape index (κ3) is 3.79. The van der Waals surface area contributed by atoms with Crippen molar-refractivity contribution >= 4 is 6.03 Å². The van der Waals surface area contributed by atoms with Gasteiger partial charge in [0.05, 0.1) is 12.1 Å². The number of nitrogens with one attached hydrogen (secondary N) is 2. The Balaban J connectivity index is 4.14. The van der Waals surface area contributed by atoms with Gasteiger partial charge in [-0.15, -0.1) is 6.58 Å². The molecule has 0 aliphatic rings. The summed E-state index contributed by atoms with van der Waals surface area (Å²) in [4.78, 5) is 11.3. The molecule has 4 nitrogen and oxygen atoms in total. The molecule has 0 saturated carbocycles. The number of amides is 2. The van der Waals surface area contributed by atoms with E-state index in [1.807, 2.05) is 13.8 Å². The minimum Gasteiger partial charge on any atom is -0.394 e. The summed E-state index contributed by atoms with van der Waals surface area (Å²) in [5.41, 5.74) is -0.495. The lowest BCUT2D eigenvalue weighted by Gasteiger charge is -2.30. The second kappa shape index (κ2) is 6.43. The van der Waals surface area contributed by atoms with E-state index in [0.717, 1.165) is 0 Å². The van der Waals surface area contributed by atoms with Gasteiger partial charge in [0.2, 0.25) is 0 Å². The van der Waals surface area contributed by atoms with Crippen LogP contribution in [0, 0.1) is 0 Å². The Hall–Kier alpha value is -1.03. The van der Waals surface area contributed by atoms with Crippen molar-refractivity contribution in [2.24, 2.45) is 0 Å². The zero-order chi connectivity index (χ0) is 11.0. The van der Waals surface area contributed by atoms with E-state index in [1.54, 1.807) is 6.08 Å². The summed E-state index contributed by atoms with van der Waals surface area (Å²) in [7, 11) is 0. The molecule has 2 amide bonds. The molecule has 3 N–H and O–H groups in total. The molecule has 0 bridgehead atoms. The first kappa shape index (κ1) is 13.0. The van der Waals surface area contributed by atoms with Gasteiger partial charge >= 0.3 is 6.03 Å². The third-order valence-corrected chi connectivity index (χ3v) is 2.44. The molecule has 0 unspecified atom stereocenters. The standard InChI is InChI=1S/C10H20N2O2/c1-4-7-11-9(14)12-10(5-2,6-3)8-13/h4,13H,1,5-8H2,2-3H3,(H2,11,12,14). The predicted octanol–water partition coefficient (Wildman–Crippen LogP) is 1.02. The number of aliphatic hydroxyl groups is 1. The Bertz CT molecular complexity index is 180. The lowest BCUT2D eigenvalue weighted by molar-refractivity contribution is 0.152. The van der Waals surface area contributed by atoms with Crippen LogP contribution in [0.1, 0.15) is 26.7 Å². The molecule has 4 heteroatoms. The molecule has 0 aromatic carbocycles. The second-order valence-electron chi connectivity index (χ2n) is 3.27. The van der Waals surface area contributed by atoms with Crippen molar-refractivity contribution in [2.45, 2.75) is 32.2 Å². The Morgan fingerprint density at radius 3 is 2.43 bits per heavy atom. The van der Waals surface area contributed by atoms with Crippen LogP contribution in [0.5, 0.6) is 0 Å². The molecule has 0 atom stereocenters. The minimum absolute atomic E-state index is 0.0402. The van der Waals surface area contributed by atoms with E-state index in [4.69, 9.17) is 0 Å². The average molecular weight is 200 g/mol. The number of carbonyl (C=O) groups excluding carboxylic acids is 1. The summed E-state index contributed by atoms with van der Waals surface area (Å²) >= 11 is 0. The van der Waals surface area contributed by atoms with Crippen molar-refractivity contribution in [1.82, 2.24) is 10.6 Å². The molecule has 0 aliphatic carbocycles. The lowest BCUT2D eigenvalue weighted by Crippen LogP contribution is -2.53. The van der Waals surface area contributed by atoms with Crippen LogP contribution >= 0.6 is 0 Å².